The van der Waals surface area contributed by atoms with E-state index >= 15 is 0 Å². The van der Waals surface area contributed by atoms with Gasteiger partial charge in [0, 0.05) is 39.4 Å². The number of piperidine rings is 1. The molecule has 0 bridgehead atoms. The molecule has 0 aromatic carbocycles. The molecule has 0 aliphatic carbocycles. The second kappa shape index (κ2) is 6.68. The maximum Gasteiger partial charge on any atom is 0.225 e. The van der Waals surface area contributed by atoms with Crippen LogP contribution in [-0.4, -0.2) is 62.8 Å². The second-order valence-corrected chi connectivity index (χ2v) is 6.96. The number of anilines is 1. The third-order valence-corrected chi connectivity index (χ3v) is 5.06. The molecular formula is C17H23FN6O. The van der Waals surface area contributed by atoms with Gasteiger partial charge in [0.1, 0.15) is 0 Å². The van der Waals surface area contributed by atoms with Crippen molar-refractivity contribution in [2.24, 2.45) is 7.05 Å². The Hall–Kier alpha value is -2.06. The van der Waals surface area contributed by atoms with Crippen molar-refractivity contribution in [3.63, 3.8) is 0 Å². The smallest absolute Gasteiger partial charge is 0.225 e. The number of imidazole rings is 1. The van der Waals surface area contributed by atoms with Crippen molar-refractivity contribution in [2.45, 2.75) is 25.0 Å². The quantitative estimate of drug-likeness (QED) is 0.833. The van der Waals surface area contributed by atoms with E-state index in [1.165, 1.54) is 18.1 Å². The van der Waals surface area contributed by atoms with Crippen LogP contribution in [0.1, 0.15) is 18.5 Å². The van der Waals surface area contributed by atoms with Crippen LogP contribution in [0.2, 0.25) is 0 Å². The fourth-order valence-electron chi connectivity index (χ4n) is 3.81. The van der Waals surface area contributed by atoms with Crippen LogP contribution < -0.4 is 4.90 Å². The minimum Gasteiger partial charge on any atom is -0.370 e. The first kappa shape index (κ1) is 16.4. The van der Waals surface area contributed by atoms with Gasteiger partial charge in [-0.3, -0.25) is 4.90 Å². The van der Waals surface area contributed by atoms with Crippen molar-refractivity contribution >= 4 is 5.95 Å². The average Bonchev–Trinajstić information content (AvgIpc) is 3.00. The van der Waals surface area contributed by atoms with Gasteiger partial charge in [-0.15, -0.1) is 0 Å². The van der Waals surface area contributed by atoms with E-state index in [2.05, 4.69) is 29.3 Å². The van der Waals surface area contributed by atoms with Gasteiger partial charge < -0.3 is 14.2 Å². The molecule has 4 rings (SSSR count). The number of rotatable bonds is 3. The topological polar surface area (TPSA) is 59.3 Å². The van der Waals surface area contributed by atoms with Crippen LogP contribution in [0.15, 0.2) is 24.9 Å². The van der Waals surface area contributed by atoms with E-state index in [-0.39, 0.29) is 5.60 Å². The second-order valence-electron chi connectivity index (χ2n) is 6.96. The summed E-state index contributed by atoms with van der Waals surface area (Å²) in [7, 11) is 2.02. The molecule has 2 aliphatic rings. The van der Waals surface area contributed by atoms with Gasteiger partial charge in [0.25, 0.3) is 0 Å². The van der Waals surface area contributed by atoms with Crippen LogP contribution in [0.25, 0.3) is 0 Å². The monoisotopic (exact) mass is 346 g/mol. The molecule has 1 atom stereocenters. The van der Waals surface area contributed by atoms with Gasteiger partial charge in [-0.05, 0) is 12.8 Å². The summed E-state index contributed by atoms with van der Waals surface area (Å²) in [6.45, 7) is 4.99. The third-order valence-electron chi connectivity index (χ3n) is 5.06. The zero-order valence-corrected chi connectivity index (χ0v) is 14.4. The van der Waals surface area contributed by atoms with Crippen LogP contribution in [0.4, 0.5) is 10.3 Å². The van der Waals surface area contributed by atoms with Crippen molar-refractivity contribution in [1.29, 1.82) is 0 Å². The maximum absolute atomic E-state index is 13.1. The first-order valence-corrected chi connectivity index (χ1v) is 8.68. The van der Waals surface area contributed by atoms with Gasteiger partial charge in [0.2, 0.25) is 5.95 Å². The third kappa shape index (κ3) is 3.50. The molecular weight excluding hydrogens is 323 g/mol. The van der Waals surface area contributed by atoms with Crippen molar-refractivity contribution in [2.75, 3.05) is 37.7 Å². The van der Waals surface area contributed by atoms with Gasteiger partial charge in [0.05, 0.1) is 43.2 Å². The summed E-state index contributed by atoms with van der Waals surface area (Å²) >= 11 is 0. The molecule has 4 heterocycles. The van der Waals surface area contributed by atoms with E-state index in [9.17, 15) is 4.39 Å². The SMILES string of the molecule is Cn1cncc1CN1CCOC2(CCCN(c3ncc(F)cn3)C2)C1. The van der Waals surface area contributed by atoms with Crippen molar-refractivity contribution in [1.82, 2.24) is 24.4 Å². The molecule has 0 saturated carbocycles. The summed E-state index contributed by atoms with van der Waals surface area (Å²) in [5.41, 5.74) is 0.985. The van der Waals surface area contributed by atoms with Gasteiger partial charge in [0.15, 0.2) is 5.82 Å². The molecule has 2 aliphatic heterocycles. The Morgan fingerprint density at radius 3 is 2.80 bits per heavy atom. The van der Waals surface area contributed by atoms with E-state index < -0.39 is 5.82 Å². The normalized spacial score (nSPS) is 24.8. The molecule has 8 heteroatoms. The summed E-state index contributed by atoms with van der Waals surface area (Å²) in [5.74, 6) is 0.166. The summed E-state index contributed by atoms with van der Waals surface area (Å²) < 4.78 is 21.4. The Labute approximate surface area is 146 Å². The van der Waals surface area contributed by atoms with Crippen LogP contribution in [0.5, 0.6) is 0 Å². The number of aromatic nitrogens is 4. The van der Waals surface area contributed by atoms with E-state index in [0.29, 0.717) is 5.95 Å². The summed E-state index contributed by atoms with van der Waals surface area (Å²) in [5, 5.41) is 0. The van der Waals surface area contributed by atoms with Crippen LogP contribution in [0.3, 0.4) is 0 Å². The average molecular weight is 346 g/mol. The Kier molecular flexibility index (Phi) is 4.39. The zero-order valence-electron chi connectivity index (χ0n) is 14.4. The predicted molar refractivity (Wildman–Crippen MR) is 90.6 cm³/mol. The fourth-order valence-corrected chi connectivity index (χ4v) is 3.81. The number of morpholine rings is 1. The number of ether oxygens (including phenoxy) is 1. The van der Waals surface area contributed by atoms with E-state index in [0.717, 1.165) is 52.2 Å². The minimum atomic E-state index is -0.410. The molecule has 2 fully saturated rings. The Balaban J connectivity index is 1.46. The molecule has 0 radical (unpaired) electrons. The number of halogens is 1. The van der Waals surface area contributed by atoms with Gasteiger partial charge in [-0.2, -0.15) is 0 Å². The molecule has 7 nitrogen and oxygen atoms in total. The fraction of sp³-hybridized carbons (Fsp3) is 0.588. The van der Waals surface area contributed by atoms with Crippen LogP contribution in [0, 0.1) is 5.82 Å². The highest BCUT2D eigenvalue weighted by molar-refractivity contribution is 5.31. The molecule has 2 aromatic heterocycles. The van der Waals surface area contributed by atoms with Crippen molar-refractivity contribution in [3.8, 4) is 0 Å². The standard InChI is InChI=1S/C17H23FN6O/c1-22-13-19-9-15(22)10-23-5-6-25-17(11-23)3-2-4-24(12-17)16-20-7-14(18)8-21-16/h7-9,13H,2-6,10-12H2,1H3. The summed E-state index contributed by atoms with van der Waals surface area (Å²) in [4.78, 5) is 17.0. The first-order chi connectivity index (χ1) is 12.1. The lowest BCUT2D eigenvalue weighted by Gasteiger charge is -2.48. The van der Waals surface area contributed by atoms with Crippen LogP contribution in [-0.2, 0) is 18.3 Å². The zero-order chi connectivity index (χ0) is 17.3. The molecule has 1 spiro atoms. The Morgan fingerprint density at radius 2 is 2.04 bits per heavy atom. The first-order valence-electron chi connectivity index (χ1n) is 8.68. The Morgan fingerprint density at radius 1 is 1.20 bits per heavy atom. The molecule has 0 amide bonds. The Bertz CT molecular complexity index is 716. The molecule has 25 heavy (non-hydrogen) atoms. The van der Waals surface area contributed by atoms with Gasteiger partial charge in [-0.25, -0.2) is 19.3 Å². The lowest BCUT2D eigenvalue weighted by molar-refractivity contribution is -0.116. The highest BCUT2D eigenvalue weighted by Crippen LogP contribution is 2.31. The number of hydrogen-bond donors (Lipinski definition) is 0. The minimum absolute atomic E-state index is 0.215. The van der Waals surface area contributed by atoms with E-state index in [4.69, 9.17) is 4.74 Å². The predicted octanol–water partition coefficient (Wildman–Crippen LogP) is 1.22. The van der Waals surface area contributed by atoms with Crippen molar-refractivity contribution in [3.05, 3.63) is 36.4 Å². The largest absolute Gasteiger partial charge is 0.370 e. The van der Waals surface area contributed by atoms with Crippen molar-refractivity contribution < 1.29 is 9.13 Å². The van der Waals surface area contributed by atoms with Gasteiger partial charge in [-0.1, -0.05) is 0 Å². The van der Waals surface area contributed by atoms with E-state index in [1.54, 1.807) is 0 Å². The number of nitrogens with zero attached hydrogens (tertiary/aromatic N) is 6. The highest BCUT2D eigenvalue weighted by Gasteiger charge is 2.41. The maximum atomic E-state index is 13.1. The molecule has 2 aromatic rings. The molecule has 2 saturated heterocycles. The number of hydrogen-bond acceptors (Lipinski definition) is 6. The molecule has 134 valence electrons. The summed E-state index contributed by atoms with van der Waals surface area (Å²) in [6.07, 6.45) is 8.23. The van der Waals surface area contributed by atoms with E-state index in [1.807, 2.05) is 19.6 Å². The highest BCUT2D eigenvalue weighted by atomic mass is 19.1. The van der Waals surface area contributed by atoms with Crippen LogP contribution >= 0.6 is 0 Å². The summed E-state index contributed by atoms with van der Waals surface area (Å²) in [6, 6.07) is 0. The van der Waals surface area contributed by atoms with Gasteiger partial charge >= 0.3 is 0 Å². The lowest BCUT2D eigenvalue weighted by atomic mass is 9.90. The molecule has 0 N–H and O–H groups in total. The lowest BCUT2D eigenvalue weighted by Crippen LogP contribution is -2.59. The molecule has 1 unspecified atom stereocenters. The number of aryl methyl sites for hydroxylation is 1.